The number of aromatic nitrogens is 4. The van der Waals surface area contributed by atoms with Crippen LogP contribution >= 0.6 is 0 Å². The van der Waals surface area contributed by atoms with Crippen molar-refractivity contribution in [2.24, 2.45) is 12.9 Å². The number of nitrogens with zero attached hydrogens (tertiary/aromatic N) is 4. The first kappa shape index (κ1) is 12.6. The lowest BCUT2D eigenvalue weighted by atomic mass is 10.1. The molecule has 1 aromatic carbocycles. The normalized spacial score (nSPS) is 12.5. The maximum Gasteiger partial charge on any atom is 0.0930 e. The molecule has 0 amide bonds. The second kappa shape index (κ2) is 5.28. The zero-order chi connectivity index (χ0) is 13.9. The monoisotopic (exact) mass is 268 g/mol. The quantitative estimate of drug-likeness (QED) is 0.550. The molecule has 0 aliphatic carbocycles. The Morgan fingerprint density at radius 2 is 2.00 bits per heavy atom. The van der Waals surface area contributed by atoms with Crippen LogP contribution in [0.2, 0.25) is 0 Å². The summed E-state index contributed by atoms with van der Waals surface area (Å²) in [6.45, 7) is 0. The summed E-state index contributed by atoms with van der Waals surface area (Å²) in [5, 5.41) is 8.74. The van der Waals surface area contributed by atoms with Crippen LogP contribution in [0.4, 0.5) is 0 Å². The molecule has 3 N–H and O–H groups in total. The van der Waals surface area contributed by atoms with Gasteiger partial charge < -0.3 is 0 Å². The van der Waals surface area contributed by atoms with E-state index >= 15 is 0 Å². The predicted octanol–water partition coefficient (Wildman–Crippen LogP) is 1.16. The SMILES string of the molecule is Cn1cc(C(NN)c2ccn(-c3ccccc3)n2)cn1. The first-order valence-corrected chi connectivity index (χ1v) is 6.33. The van der Waals surface area contributed by atoms with Gasteiger partial charge in [0.05, 0.1) is 23.6 Å². The molecule has 0 saturated heterocycles. The molecule has 102 valence electrons. The molecule has 2 heterocycles. The van der Waals surface area contributed by atoms with Crippen LogP contribution in [0.15, 0.2) is 55.0 Å². The molecular formula is C14H16N6. The fourth-order valence-corrected chi connectivity index (χ4v) is 2.16. The maximum absolute atomic E-state index is 5.66. The van der Waals surface area contributed by atoms with Crippen molar-refractivity contribution in [2.75, 3.05) is 0 Å². The van der Waals surface area contributed by atoms with Gasteiger partial charge in [0.15, 0.2) is 0 Å². The Morgan fingerprint density at radius 1 is 1.20 bits per heavy atom. The van der Waals surface area contributed by atoms with Crippen molar-refractivity contribution >= 4 is 0 Å². The number of aryl methyl sites for hydroxylation is 1. The average molecular weight is 268 g/mol. The van der Waals surface area contributed by atoms with Gasteiger partial charge in [-0.1, -0.05) is 18.2 Å². The lowest BCUT2D eigenvalue weighted by Gasteiger charge is -2.11. The van der Waals surface area contributed by atoms with E-state index in [9.17, 15) is 0 Å². The molecule has 1 unspecified atom stereocenters. The lowest BCUT2D eigenvalue weighted by molar-refractivity contribution is 0.611. The van der Waals surface area contributed by atoms with E-state index in [1.807, 2.05) is 60.5 Å². The van der Waals surface area contributed by atoms with Gasteiger partial charge in [-0.15, -0.1) is 0 Å². The minimum absolute atomic E-state index is 0.173. The Labute approximate surface area is 116 Å². The highest BCUT2D eigenvalue weighted by atomic mass is 15.3. The second-order valence-corrected chi connectivity index (χ2v) is 4.57. The number of hydrazine groups is 1. The molecule has 0 bridgehead atoms. The van der Waals surface area contributed by atoms with E-state index in [-0.39, 0.29) is 6.04 Å². The zero-order valence-electron chi connectivity index (χ0n) is 11.1. The van der Waals surface area contributed by atoms with Crippen molar-refractivity contribution in [2.45, 2.75) is 6.04 Å². The van der Waals surface area contributed by atoms with Crippen molar-refractivity contribution in [3.05, 3.63) is 66.2 Å². The third-order valence-corrected chi connectivity index (χ3v) is 3.15. The molecule has 0 aliphatic rings. The minimum atomic E-state index is -0.173. The number of hydrogen-bond donors (Lipinski definition) is 2. The predicted molar refractivity (Wildman–Crippen MR) is 75.9 cm³/mol. The Bertz CT molecular complexity index is 685. The van der Waals surface area contributed by atoms with Crippen molar-refractivity contribution in [3.63, 3.8) is 0 Å². The zero-order valence-corrected chi connectivity index (χ0v) is 11.1. The first-order chi connectivity index (χ1) is 9.78. The molecule has 0 aliphatic heterocycles. The van der Waals surface area contributed by atoms with Gasteiger partial charge in [-0.2, -0.15) is 10.2 Å². The number of para-hydroxylation sites is 1. The molecule has 6 nitrogen and oxygen atoms in total. The molecule has 1 atom stereocenters. The fraction of sp³-hybridized carbons (Fsp3) is 0.143. The van der Waals surface area contributed by atoms with E-state index in [4.69, 9.17) is 5.84 Å². The van der Waals surface area contributed by atoms with Crippen LogP contribution in [0.1, 0.15) is 17.3 Å². The van der Waals surface area contributed by atoms with E-state index < -0.39 is 0 Å². The van der Waals surface area contributed by atoms with E-state index in [2.05, 4.69) is 15.6 Å². The van der Waals surface area contributed by atoms with E-state index in [1.54, 1.807) is 10.9 Å². The number of benzene rings is 1. The van der Waals surface area contributed by atoms with Crippen LogP contribution in [-0.2, 0) is 7.05 Å². The highest BCUT2D eigenvalue weighted by molar-refractivity contribution is 5.32. The Hall–Kier alpha value is -2.44. The molecule has 20 heavy (non-hydrogen) atoms. The fourth-order valence-electron chi connectivity index (χ4n) is 2.16. The highest BCUT2D eigenvalue weighted by Crippen LogP contribution is 2.19. The highest BCUT2D eigenvalue weighted by Gasteiger charge is 2.17. The summed E-state index contributed by atoms with van der Waals surface area (Å²) in [7, 11) is 1.87. The molecule has 3 aromatic rings. The molecule has 0 saturated carbocycles. The molecule has 0 radical (unpaired) electrons. The van der Waals surface area contributed by atoms with E-state index in [0.717, 1.165) is 16.9 Å². The Morgan fingerprint density at radius 3 is 2.65 bits per heavy atom. The van der Waals surface area contributed by atoms with Crippen molar-refractivity contribution in [1.29, 1.82) is 0 Å². The van der Waals surface area contributed by atoms with Gasteiger partial charge in [-0.05, 0) is 18.2 Å². The van der Waals surface area contributed by atoms with Crippen molar-refractivity contribution in [3.8, 4) is 5.69 Å². The van der Waals surface area contributed by atoms with Crippen LogP contribution in [0, 0.1) is 0 Å². The molecule has 6 heteroatoms. The van der Waals surface area contributed by atoms with Gasteiger partial charge in [-0.3, -0.25) is 10.5 Å². The molecule has 2 aromatic heterocycles. The van der Waals surface area contributed by atoms with Crippen molar-refractivity contribution in [1.82, 2.24) is 25.0 Å². The van der Waals surface area contributed by atoms with Gasteiger partial charge in [0, 0.05) is 25.0 Å². The standard InChI is InChI=1S/C14H16N6/c1-19-10-11(9-16-19)14(17-15)13-7-8-20(18-13)12-5-3-2-4-6-12/h2-10,14,17H,15H2,1H3. The molecule has 0 fully saturated rings. The summed E-state index contributed by atoms with van der Waals surface area (Å²) in [4.78, 5) is 0. The topological polar surface area (TPSA) is 73.7 Å². The first-order valence-electron chi connectivity index (χ1n) is 6.33. The number of nitrogens with one attached hydrogen (secondary N) is 1. The number of nitrogens with two attached hydrogens (primary N) is 1. The summed E-state index contributed by atoms with van der Waals surface area (Å²) in [5.41, 5.74) is 5.63. The third-order valence-electron chi connectivity index (χ3n) is 3.15. The van der Waals surface area contributed by atoms with Crippen LogP contribution in [0.5, 0.6) is 0 Å². The van der Waals surface area contributed by atoms with Gasteiger partial charge in [0.25, 0.3) is 0 Å². The molecule has 3 rings (SSSR count). The smallest absolute Gasteiger partial charge is 0.0930 e. The Balaban J connectivity index is 1.92. The summed E-state index contributed by atoms with van der Waals surface area (Å²) >= 11 is 0. The van der Waals surface area contributed by atoms with Gasteiger partial charge >= 0.3 is 0 Å². The average Bonchev–Trinajstić information content (AvgIpc) is 3.11. The van der Waals surface area contributed by atoms with E-state index in [0.29, 0.717) is 0 Å². The lowest BCUT2D eigenvalue weighted by Crippen LogP contribution is -2.29. The largest absolute Gasteiger partial charge is 0.275 e. The number of rotatable bonds is 4. The van der Waals surface area contributed by atoms with E-state index in [1.165, 1.54) is 0 Å². The minimum Gasteiger partial charge on any atom is -0.275 e. The summed E-state index contributed by atoms with van der Waals surface area (Å²) < 4.78 is 3.57. The van der Waals surface area contributed by atoms with Crippen LogP contribution in [-0.4, -0.2) is 19.6 Å². The second-order valence-electron chi connectivity index (χ2n) is 4.57. The van der Waals surface area contributed by atoms with Crippen LogP contribution in [0.3, 0.4) is 0 Å². The van der Waals surface area contributed by atoms with Gasteiger partial charge in [0.1, 0.15) is 0 Å². The van der Waals surface area contributed by atoms with Gasteiger partial charge in [0.2, 0.25) is 0 Å². The molecule has 0 spiro atoms. The maximum atomic E-state index is 5.66. The number of hydrogen-bond acceptors (Lipinski definition) is 4. The summed E-state index contributed by atoms with van der Waals surface area (Å²) in [5.74, 6) is 5.66. The molecular weight excluding hydrogens is 252 g/mol. The third kappa shape index (κ3) is 2.34. The van der Waals surface area contributed by atoms with Gasteiger partial charge in [-0.25, -0.2) is 10.1 Å². The summed E-state index contributed by atoms with van der Waals surface area (Å²) in [6.07, 6.45) is 5.63. The van der Waals surface area contributed by atoms with Crippen LogP contribution < -0.4 is 11.3 Å². The Kier molecular flexibility index (Phi) is 3.32. The van der Waals surface area contributed by atoms with Crippen LogP contribution in [0.25, 0.3) is 5.69 Å². The summed E-state index contributed by atoms with van der Waals surface area (Å²) in [6, 6.07) is 11.7. The van der Waals surface area contributed by atoms with Crippen molar-refractivity contribution < 1.29 is 0 Å².